The number of hydrogen-bond donors (Lipinski definition) is 1. The molecule has 0 spiro atoms. The largest absolute Gasteiger partial charge is 0.353 e. The predicted octanol–water partition coefficient (Wildman–Crippen LogP) is 4.02. The number of hydrogen-bond acceptors (Lipinski definition) is 1. The Labute approximate surface area is 131 Å². The first kappa shape index (κ1) is 15.6. The summed E-state index contributed by atoms with van der Waals surface area (Å²) in [5.74, 6) is 0.0173. The number of aryl methyl sites for hydroxylation is 1. The van der Waals surface area contributed by atoms with Crippen LogP contribution in [0.25, 0.3) is 0 Å². The summed E-state index contributed by atoms with van der Waals surface area (Å²) in [6, 6.07) is 17.9. The molecule has 2 nitrogen and oxygen atoms in total. The Balaban J connectivity index is 1.78. The molecule has 1 atom stereocenters. The van der Waals surface area contributed by atoms with E-state index < -0.39 is 0 Å². The van der Waals surface area contributed by atoms with Gasteiger partial charge in [0.2, 0.25) is 5.91 Å². The molecule has 0 aliphatic rings. The summed E-state index contributed by atoms with van der Waals surface area (Å²) < 4.78 is 0. The van der Waals surface area contributed by atoms with Crippen LogP contribution in [0.3, 0.4) is 0 Å². The lowest BCUT2D eigenvalue weighted by molar-refractivity contribution is -0.121. The molecule has 0 saturated carbocycles. The minimum atomic E-state index is 0.0173. The Kier molecular flexibility index (Phi) is 5.82. The fraction of sp³-hybridized carbons (Fsp3) is 0.278. The average molecular weight is 302 g/mol. The summed E-state index contributed by atoms with van der Waals surface area (Å²) >= 11 is 6.07. The maximum Gasteiger partial charge on any atom is 0.224 e. The summed E-state index contributed by atoms with van der Waals surface area (Å²) in [6.45, 7) is 2.04. The van der Waals surface area contributed by atoms with E-state index >= 15 is 0 Å². The Hall–Kier alpha value is -1.80. The van der Waals surface area contributed by atoms with Crippen LogP contribution in [0.15, 0.2) is 54.6 Å². The van der Waals surface area contributed by atoms with Gasteiger partial charge in [0.05, 0.1) is 6.42 Å². The second-order valence-electron chi connectivity index (χ2n) is 5.26. The lowest BCUT2D eigenvalue weighted by atomic mass is 10.1. The molecule has 1 N–H and O–H groups in total. The van der Waals surface area contributed by atoms with Crippen LogP contribution in [0.1, 0.15) is 24.5 Å². The van der Waals surface area contributed by atoms with Gasteiger partial charge < -0.3 is 5.32 Å². The van der Waals surface area contributed by atoms with Crippen molar-refractivity contribution in [2.24, 2.45) is 0 Å². The summed E-state index contributed by atoms with van der Waals surface area (Å²) in [4.78, 5) is 12.0. The van der Waals surface area contributed by atoms with Crippen LogP contribution < -0.4 is 5.32 Å². The highest BCUT2D eigenvalue weighted by Crippen LogP contribution is 2.15. The lowest BCUT2D eigenvalue weighted by Crippen LogP contribution is -2.34. The van der Waals surface area contributed by atoms with Crippen molar-refractivity contribution in [3.63, 3.8) is 0 Å². The van der Waals surface area contributed by atoms with Gasteiger partial charge in [0.1, 0.15) is 0 Å². The van der Waals surface area contributed by atoms with Crippen molar-refractivity contribution in [2.75, 3.05) is 0 Å². The third-order valence-electron chi connectivity index (χ3n) is 3.43. The Bertz CT molecular complexity index is 583. The molecule has 2 rings (SSSR count). The Morgan fingerprint density at radius 3 is 2.48 bits per heavy atom. The van der Waals surface area contributed by atoms with E-state index in [1.54, 1.807) is 0 Å². The van der Waals surface area contributed by atoms with Gasteiger partial charge in [-0.15, -0.1) is 0 Å². The monoisotopic (exact) mass is 301 g/mol. The second kappa shape index (κ2) is 7.84. The van der Waals surface area contributed by atoms with Gasteiger partial charge in [-0.2, -0.15) is 0 Å². The van der Waals surface area contributed by atoms with E-state index in [1.807, 2.05) is 49.4 Å². The van der Waals surface area contributed by atoms with Crippen LogP contribution in [-0.2, 0) is 17.6 Å². The van der Waals surface area contributed by atoms with Gasteiger partial charge in [-0.1, -0.05) is 60.1 Å². The molecule has 0 bridgehead atoms. The maximum absolute atomic E-state index is 12.0. The molecule has 0 aliphatic heterocycles. The molecule has 2 aromatic carbocycles. The van der Waals surface area contributed by atoms with Gasteiger partial charge >= 0.3 is 0 Å². The zero-order chi connectivity index (χ0) is 15.1. The van der Waals surface area contributed by atoms with Gasteiger partial charge in [0.25, 0.3) is 0 Å². The molecule has 0 aromatic heterocycles. The molecular weight excluding hydrogens is 282 g/mol. The number of amides is 1. The fourth-order valence-corrected chi connectivity index (χ4v) is 2.44. The van der Waals surface area contributed by atoms with E-state index in [1.165, 1.54) is 5.56 Å². The van der Waals surface area contributed by atoms with Crippen molar-refractivity contribution in [3.05, 3.63) is 70.7 Å². The van der Waals surface area contributed by atoms with E-state index in [0.717, 1.165) is 18.4 Å². The van der Waals surface area contributed by atoms with Crippen molar-refractivity contribution in [3.8, 4) is 0 Å². The molecule has 0 saturated heterocycles. The zero-order valence-corrected chi connectivity index (χ0v) is 12.9. The van der Waals surface area contributed by atoms with Crippen LogP contribution in [0.2, 0.25) is 5.02 Å². The summed E-state index contributed by atoms with van der Waals surface area (Å²) in [6.07, 6.45) is 2.22. The summed E-state index contributed by atoms with van der Waals surface area (Å²) in [5.41, 5.74) is 2.16. The molecule has 1 amide bonds. The summed E-state index contributed by atoms with van der Waals surface area (Å²) in [7, 11) is 0. The van der Waals surface area contributed by atoms with E-state index in [4.69, 9.17) is 11.6 Å². The highest BCUT2D eigenvalue weighted by Gasteiger charge is 2.10. The first-order valence-corrected chi connectivity index (χ1v) is 7.59. The Morgan fingerprint density at radius 2 is 1.76 bits per heavy atom. The molecule has 0 heterocycles. The molecule has 0 aliphatic carbocycles. The number of carbonyl (C=O) groups is 1. The van der Waals surface area contributed by atoms with Crippen LogP contribution in [0, 0.1) is 0 Å². The number of benzene rings is 2. The lowest BCUT2D eigenvalue weighted by Gasteiger charge is -2.14. The van der Waals surface area contributed by atoms with Crippen LogP contribution in [0.5, 0.6) is 0 Å². The molecule has 110 valence electrons. The van der Waals surface area contributed by atoms with Crippen LogP contribution in [-0.4, -0.2) is 11.9 Å². The topological polar surface area (TPSA) is 29.1 Å². The standard InChI is InChI=1S/C18H20ClNO/c1-14(11-12-15-7-3-2-4-8-15)20-18(21)13-16-9-5-6-10-17(16)19/h2-10,14H,11-13H2,1H3,(H,20,21)/t14-/m0/s1. The van der Waals surface area contributed by atoms with Gasteiger partial charge in [0.15, 0.2) is 0 Å². The summed E-state index contributed by atoms with van der Waals surface area (Å²) in [5, 5.41) is 3.67. The molecule has 21 heavy (non-hydrogen) atoms. The van der Waals surface area contributed by atoms with Gasteiger partial charge in [-0.25, -0.2) is 0 Å². The molecule has 3 heteroatoms. The molecule has 0 unspecified atom stereocenters. The van der Waals surface area contributed by atoms with Crippen molar-refractivity contribution in [2.45, 2.75) is 32.2 Å². The normalized spacial score (nSPS) is 11.9. The predicted molar refractivity (Wildman–Crippen MR) is 87.5 cm³/mol. The van der Waals surface area contributed by atoms with Crippen molar-refractivity contribution in [1.29, 1.82) is 0 Å². The van der Waals surface area contributed by atoms with E-state index in [2.05, 4.69) is 17.4 Å². The molecule has 0 radical (unpaired) electrons. The number of carbonyl (C=O) groups excluding carboxylic acids is 1. The van der Waals surface area contributed by atoms with Crippen molar-refractivity contribution < 1.29 is 4.79 Å². The van der Waals surface area contributed by atoms with Gasteiger partial charge in [0, 0.05) is 11.1 Å². The van der Waals surface area contributed by atoms with E-state index in [0.29, 0.717) is 11.4 Å². The third kappa shape index (κ3) is 5.24. The molecule has 0 fully saturated rings. The first-order chi connectivity index (χ1) is 10.1. The minimum Gasteiger partial charge on any atom is -0.353 e. The van der Waals surface area contributed by atoms with Crippen LogP contribution in [0.4, 0.5) is 0 Å². The maximum atomic E-state index is 12.0. The van der Waals surface area contributed by atoms with E-state index in [9.17, 15) is 4.79 Å². The second-order valence-corrected chi connectivity index (χ2v) is 5.67. The van der Waals surface area contributed by atoms with E-state index in [-0.39, 0.29) is 11.9 Å². The number of rotatable bonds is 6. The zero-order valence-electron chi connectivity index (χ0n) is 12.2. The molecule has 2 aromatic rings. The van der Waals surface area contributed by atoms with Crippen molar-refractivity contribution >= 4 is 17.5 Å². The van der Waals surface area contributed by atoms with Crippen molar-refractivity contribution in [1.82, 2.24) is 5.32 Å². The smallest absolute Gasteiger partial charge is 0.224 e. The number of nitrogens with one attached hydrogen (secondary N) is 1. The fourth-order valence-electron chi connectivity index (χ4n) is 2.24. The first-order valence-electron chi connectivity index (χ1n) is 7.22. The number of halogens is 1. The quantitative estimate of drug-likeness (QED) is 0.858. The highest BCUT2D eigenvalue weighted by molar-refractivity contribution is 6.31. The SMILES string of the molecule is C[C@@H](CCc1ccccc1)NC(=O)Cc1ccccc1Cl. The third-order valence-corrected chi connectivity index (χ3v) is 3.79. The van der Waals surface area contributed by atoms with Gasteiger partial charge in [-0.05, 0) is 37.0 Å². The highest BCUT2D eigenvalue weighted by atomic mass is 35.5. The Morgan fingerprint density at radius 1 is 1.10 bits per heavy atom. The molecular formula is C18H20ClNO. The van der Waals surface area contributed by atoms with Crippen LogP contribution >= 0.6 is 11.6 Å². The van der Waals surface area contributed by atoms with Gasteiger partial charge in [-0.3, -0.25) is 4.79 Å². The average Bonchev–Trinajstić information content (AvgIpc) is 2.48. The minimum absolute atomic E-state index is 0.0173.